The van der Waals surface area contributed by atoms with Gasteiger partial charge in [-0.15, -0.1) is 0 Å². The van der Waals surface area contributed by atoms with Crippen LogP contribution in [0.25, 0.3) is 0 Å². The molecular formula is C20H27ClN2O5. The highest BCUT2D eigenvalue weighted by molar-refractivity contribution is 6.33. The van der Waals surface area contributed by atoms with Crippen LogP contribution in [0, 0.1) is 11.8 Å². The van der Waals surface area contributed by atoms with Crippen LogP contribution >= 0.6 is 11.6 Å². The molecule has 0 saturated heterocycles. The Bertz CT molecular complexity index is 734. The maximum absolute atomic E-state index is 12.0. The van der Waals surface area contributed by atoms with Crippen molar-refractivity contribution in [1.29, 1.82) is 0 Å². The highest BCUT2D eigenvalue weighted by Crippen LogP contribution is 2.28. The number of alkyl carbamates (subject to hydrolysis) is 1. The summed E-state index contributed by atoms with van der Waals surface area (Å²) in [6.07, 6.45) is 0.114. The first-order valence-corrected chi connectivity index (χ1v) is 9.29. The summed E-state index contributed by atoms with van der Waals surface area (Å²) in [5.74, 6) is 5.59. The van der Waals surface area contributed by atoms with Crippen molar-refractivity contribution < 1.29 is 24.2 Å². The summed E-state index contributed by atoms with van der Waals surface area (Å²) in [6.45, 7) is 5.30. The standard InChI is InChI=1S/C20H27ClN2O5/c1-20(2,3)28-19(26)23-15(10-11-17(22)25)13-27-16-9-6-8-14(18(16)21)7-4-5-12-24/h6,8-9,15,24H,5,10-13H2,1-3H3,(H2,22,25)(H,23,26). The predicted molar refractivity (Wildman–Crippen MR) is 107 cm³/mol. The summed E-state index contributed by atoms with van der Waals surface area (Å²) in [4.78, 5) is 23.1. The molecule has 0 aliphatic heterocycles. The van der Waals surface area contributed by atoms with Crippen molar-refractivity contribution in [2.45, 2.75) is 51.7 Å². The van der Waals surface area contributed by atoms with E-state index in [0.717, 1.165) is 0 Å². The molecule has 0 spiro atoms. The van der Waals surface area contributed by atoms with Gasteiger partial charge in [0.05, 0.1) is 17.7 Å². The van der Waals surface area contributed by atoms with Crippen molar-refractivity contribution in [2.75, 3.05) is 13.2 Å². The van der Waals surface area contributed by atoms with Crippen molar-refractivity contribution in [3.05, 3.63) is 28.8 Å². The summed E-state index contributed by atoms with van der Waals surface area (Å²) in [5, 5.41) is 11.8. The second-order valence-electron chi connectivity index (χ2n) is 7.05. The monoisotopic (exact) mass is 410 g/mol. The first kappa shape index (κ1) is 23.6. The summed E-state index contributed by atoms with van der Waals surface area (Å²) in [5.41, 5.74) is 5.13. The average Bonchev–Trinajstić information content (AvgIpc) is 2.58. The predicted octanol–water partition coefficient (Wildman–Crippen LogP) is 2.61. The molecule has 1 atom stereocenters. The third-order valence-electron chi connectivity index (χ3n) is 3.32. The number of ether oxygens (including phenoxy) is 2. The second kappa shape index (κ2) is 11.4. The first-order valence-electron chi connectivity index (χ1n) is 8.91. The fourth-order valence-corrected chi connectivity index (χ4v) is 2.34. The number of hydrogen-bond acceptors (Lipinski definition) is 5. The van der Waals surface area contributed by atoms with Gasteiger partial charge in [0.2, 0.25) is 5.91 Å². The lowest BCUT2D eigenvalue weighted by molar-refractivity contribution is -0.118. The lowest BCUT2D eigenvalue weighted by Crippen LogP contribution is -2.42. The maximum atomic E-state index is 12.0. The van der Waals surface area contributed by atoms with Gasteiger partial charge in [-0.05, 0) is 39.3 Å². The van der Waals surface area contributed by atoms with Gasteiger partial charge in [-0.2, -0.15) is 0 Å². The Morgan fingerprint density at radius 1 is 1.36 bits per heavy atom. The van der Waals surface area contributed by atoms with Crippen LogP contribution in [0.2, 0.25) is 5.02 Å². The minimum absolute atomic E-state index is 0.0291. The van der Waals surface area contributed by atoms with E-state index in [-0.39, 0.29) is 19.6 Å². The molecule has 8 heteroatoms. The lowest BCUT2D eigenvalue weighted by atomic mass is 10.1. The Morgan fingerprint density at radius 2 is 2.07 bits per heavy atom. The fourth-order valence-electron chi connectivity index (χ4n) is 2.11. The topological polar surface area (TPSA) is 111 Å². The molecule has 0 saturated carbocycles. The normalized spacial score (nSPS) is 11.8. The second-order valence-corrected chi connectivity index (χ2v) is 7.43. The summed E-state index contributed by atoms with van der Waals surface area (Å²) in [6, 6.07) is 4.66. The number of aliphatic hydroxyl groups is 1. The molecule has 4 N–H and O–H groups in total. The molecule has 0 radical (unpaired) electrons. The van der Waals surface area contributed by atoms with Crippen molar-refractivity contribution in [3.8, 4) is 17.6 Å². The van der Waals surface area contributed by atoms with E-state index >= 15 is 0 Å². The van der Waals surface area contributed by atoms with E-state index in [1.165, 1.54) is 0 Å². The minimum Gasteiger partial charge on any atom is -0.490 e. The number of amides is 2. The Morgan fingerprint density at radius 3 is 2.68 bits per heavy atom. The molecule has 0 bridgehead atoms. The molecule has 154 valence electrons. The van der Waals surface area contributed by atoms with Gasteiger partial charge in [0.15, 0.2) is 0 Å². The first-order chi connectivity index (χ1) is 13.1. The number of primary amides is 1. The van der Waals surface area contributed by atoms with Gasteiger partial charge in [-0.1, -0.05) is 29.5 Å². The lowest BCUT2D eigenvalue weighted by Gasteiger charge is -2.24. The van der Waals surface area contributed by atoms with Crippen molar-refractivity contribution in [3.63, 3.8) is 0 Å². The van der Waals surface area contributed by atoms with Gasteiger partial charge in [-0.25, -0.2) is 4.79 Å². The van der Waals surface area contributed by atoms with Crippen LogP contribution in [-0.2, 0) is 9.53 Å². The van der Waals surface area contributed by atoms with Crippen LogP contribution in [-0.4, -0.2) is 42.0 Å². The van der Waals surface area contributed by atoms with E-state index in [0.29, 0.717) is 29.2 Å². The Labute approximate surface area is 170 Å². The van der Waals surface area contributed by atoms with Crippen LogP contribution in [0.5, 0.6) is 5.75 Å². The van der Waals surface area contributed by atoms with Gasteiger partial charge in [-0.3, -0.25) is 4.79 Å². The fraction of sp³-hybridized carbons (Fsp3) is 0.500. The smallest absolute Gasteiger partial charge is 0.407 e. The minimum atomic E-state index is -0.649. The Kier molecular flexibility index (Phi) is 9.63. The molecule has 0 aromatic heterocycles. The number of nitrogens with two attached hydrogens (primary N) is 1. The zero-order valence-corrected chi connectivity index (χ0v) is 17.1. The number of halogens is 1. The number of carbonyl (C=O) groups excluding carboxylic acids is 2. The van der Waals surface area contributed by atoms with E-state index in [1.807, 2.05) is 0 Å². The number of rotatable bonds is 8. The SMILES string of the molecule is CC(C)(C)OC(=O)NC(CCC(N)=O)COc1cccc(C#CCCO)c1Cl. The van der Waals surface area contributed by atoms with Crippen molar-refractivity contribution >= 4 is 23.6 Å². The number of benzene rings is 1. The molecule has 2 amide bonds. The number of aliphatic hydroxyl groups excluding tert-OH is 1. The largest absolute Gasteiger partial charge is 0.490 e. The van der Waals surface area contributed by atoms with Gasteiger partial charge in [0.1, 0.15) is 18.0 Å². The molecule has 0 heterocycles. The summed E-state index contributed by atoms with van der Waals surface area (Å²) in [7, 11) is 0. The van der Waals surface area contributed by atoms with Gasteiger partial charge in [0, 0.05) is 18.4 Å². The molecule has 1 unspecified atom stereocenters. The van der Waals surface area contributed by atoms with Gasteiger partial charge < -0.3 is 25.6 Å². The van der Waals surface area contributed by atoms with Gasteiger partial charge in [0.25, 0.3) is 0 Å². The molecule has 0 aliphatic rings. The molecule has 1 rings (SSSR count). The third kappa shape index (κ3) is 9.49. The Hall–Kier alpha value is -2.43. The molecule has 1 aromatic rings. The van der Waals surface area contributed by atoms with Crippen LogP contribution in [0.3, 0.4) is 0 Å². The number of hydrogen-bond donors (Lipinski definition) is 3. The molecule has 1 aromatic carbocycles. The number of carbonyl (C=O) groups is 2. The quantitative estimate of drug-likeness (QED) is 0.570. The zero-order chi connectivity index (χ0) is 21.2. The van der Waals surface area contributed by atoms with E-state index in [9.17, 15) is 9.59 Å². The highest BCUT2D eigenvalue weighted by atomic mass is 35.5. The van der Waals surface area contributed by atoms with Crippen LogP contribution in [0.4, 0.5) is 4.79 Å². The maximum Gasteiger partial charge on any atom is 0.407 e. The molecule has 0 aliphatic carbocycles. The van der Waals surface area contributed by atoms with Crippen molar-refractivity contribution in [1.82, 2.24) is 5.32 Å². The van der Waals surface area contributed by atoms with Crippen LogP contribution < -0.4 is 15.8 Å². The Balaban J connectivity index is 2.81. The van der Waals surface area contributed by atoms with E-state index in [1.54, 1.807) is 39.0 Å². The third-order valence-corrected chi connectivity index (χ3v) is 3.71. The molecule has 0 fully saturated rings. The molecule has 7 nitrogen and oxygen atoms in total. The molecule has 28 heavy (non-hydrogen) atoms. The van der Waals surface area contributed by atoms with E-state index in [4.69, 9.17) is 31.9 Å². The zero-order valence-electron chi connectivity index (χ0n) is 16.4. The summed E-state index contributed by atoms with van der Waals surface area (Å²) < 4.78 is 11.0. The van der Waals surface area contributed by atoms with Crippen LogP contribution in [0.1, 0.15) is 45.6 Å². The van der Waals surface area contributed by atoms with E-state index in [2.05, 4.69) is 17.2 Å². The highest BCUT2D eigenvalue weighted by Gasteiger charge is 2.21. The molecular weight excluding hydrogens is 384 g/mol. The number of nitrogens with one attached hydrogen (secondary N) is 1. The van der Waals surface area contributed by atoms with Crippen molar-refractivity contribution in [2.24, 2.45) is 5.73 Å². The summed E-state index contributed by atoms with van der Waals surface area (Å²) >= 11 is 6.32. The van der Waals surface area contributed by atoms with Gasteiger partial charge >= 0.3 is 6.09 Å². The van der Waals surface area contributed by atoms with Crippen LogP contribution in [0.15, 0.2) is 18.2 Å². The van der Waals surface area contributed by atoms with E-state index < -0.39 is 23.6 Å². The average molecular weight is 411 g/mol.